The van der Waals surface area contributed by atoms with Gasteiger partial charge in [-0.05, 0) is 47.6 Å². The Bertz CT molecular complexity index is 497. The van der Waals surface area contributed by atoms with E-state index in [0.717, 1.165) is 0 Å². The lowest BCUT2D eigenvalue weighted by molar-refractivity contribution is -0.189. The Hall–Kier alpha value is -0.560. The molecule has 0 saturated carbocycles. The van der Waals surface area contributed by atoms with Crippen LogP contribution in [-0.2, 0) is 0 Å². The van der Waals surface area contributed by atoms with Gasteiger partial charge in [-0.1, -0.05) is 0 Å². The maximum atomic E-state index is 13.0. The van der Waals surface area contributed by atoms with Gasteiger partial charge in [0, 0.05) is 16.6 Å². The molecule has 1 atom stereocenters. The molecule has 1 aromatic heterocycles. The molecule has 1 amide bonds. The zero-order valence-corrected chi connectivity index (χ0v) is 12.8. The van der Waals surface area contributed by atoms with E-state index >= 15 is 0 Å². The Kier molecular flexibility index (Phi) is 3.72. The number of alkyl halides is 3. The molecule has 1 fully saturated rings. The fourth-order valence-electron chi connectivity index (χ4n) is 2.58. The number of rotatable bonds is 1. The largest absolute Gasteiger partial charge is 0.394 e. The molecule has 1 aromatic rings. The molecule has 0 aromatic carbocycles. The van der Waals surface area contributed by atoms with Crippen molar-refractivity contribution in [3.63, 3.8) is 0 Å². The van der Waals surface area contributed by atoms with Crippen molar-refractivity contribution in [3.8, 4) is 0 Å². The smallest absolute Gasteiger partial charge is 0.332 e. The molecular weight excluding hydrogens is 343 g/mol. The van der Waals surface area contributed by atoms with Crippen LogP contribution >= 0.6 is 27.3 Å². The van der Waals surface area contributed by atoms with E-state index in [1.165, 1.54) is 30.1 Å². The number of thiophene rings is 1. The van der Waals surface area contributed by atoms with Crippen LogP contribution in [0.1, 0.15) is 29.9 Å². The first-order valence-corrected chi connectivity index (χ1v) is 7.44. The van der Waals surface area contributed by atoms with Gasteiger partial charge in [-0.2, -0.15) is 13.2 Å². The number of carbonyl (C=O) groups is 1. The lowest BCUT2D eigenvalue weighted by Gasteiger charge is -2.36. The molecule has 1 saturated heterocycles. The van der Waals surface area contributed by atoms with Crippen molar-refractivity contribution in [3.05, 3.63) is 20.8 Å². The summed E-state index contributed by atoms with van der Waals surface area (Å²) in [5, 5.41) is 1.74. The van der Waals surface area contributed by atoms with Crippen LogP contribution < -0.4 is 0 Å². The quantitative estimate of drug-likeness (QED) is 0.734. The number of hydrogen-bond donors (Lipinski definition) is 0. The predicted octanol–water partition coefficient (Wildman–Crippen LogP) is 4.31. The molecule has 2 rings (SSSR count). The maximum Gasteiger partial charge on any atom is 0.394 e. The summed E-state index contributed by atoms with van der Waals surface area (Å²) in [6, 6.07) is 1.72. The minimum Gasteiger partial charge on any atom is -0.332 e. The first-order valence-electron chi connectivity index (χ1n) is 5.77. The summed E-state index contributed by atoms with van der Waals surface area (Å²) >= 11 is 4.48. The fraction of sp³-hybridized carbons (Fsp3) is 0.583. The summed E-state index contributed by atoms with van der Waals surface area (Å²) in [5.41, 5.74) is -1.21. The van der Waals surface area contributed by atoms with Crippen molar-refractivity contribution in [1.29, 1.82) is 0 Å². The van der Waals surface area contributed by atoms with Gasteiger partial charge >= 0.3 is 6.18 Å². The number of halogens is 4. The molecule has 0 aliphatic carbocycles. The van der Waals surface area contributed by atoms with Gasteiger partial charge in [-0.15, -0.1) is 11.3 Å². The molecule has 19 heavy (non-hydrogen) atoms. The molecule has 1 aliphatic rings. The average molecular weight is 356 g/mol. The number of hydrogen-bond acceptors (Lipinski definition) is 2. The molecule has 7 heteroatoms. The van der Waals surface area contributed by atoms with Crippen molar-refractivity contribution >= 4 is 33.2 Å². The Balaban J connectivity index is 2.29. The predicted molar refractivity (Wildman–Crippen MR) is 71.3 cm³/mol. The van der Waals surface area contributed by atoms with Gasteiger partial charge in [0.05, 0.1) is 5.92 Å². The van der Waals surface area contributed by atoms with Crippen molar-refractivity contribution in [2.75, 3.05) is 6.54 Å². The summed E-state index contributed by atoms with van der Waals surface area (Å²) in [6.45, 7) is 3.11. The zero-order chi connectivity index (χ0) is 14.4. The monoisotopic (exact) mass is 355 g/mol. The van der Waals surface area contributed by atoms with Crippen LogP contribution in [0.2, 0.25) is 0 Å². The highest BCUT2D eigenvalue weighted by atomic mass is 79.9. The highest BCUT2D eigenvalue weighted by molar-refractivity contribution is 9.10. The minimum atomic E-state index is -4.27. The van der Waals surface area contributed by atoms with Gasteiger partial charge in [-0.3, -0.25) is 4.79 Å². The van der Waals surface area contributed by atoms with Gasteiger partial charge in [-0.25, -0.2) is 0 Å². The van der Waals surface area contributed by atoms with Gasteiger partial charge in [0.1, 0.15) is 4.88 Å². The topological polar surface area (TPSA) is 20.3 Å². The minimum absolute atomic E-state index is 0.0365. The first kappa shape index (κ1) is 14.8. The second-order valence-corrected chi connectivity index (χ2v) is 6.86. The SMILES string of the molecule is CC1(C)C(C(F)(F)F)CCN1C(=O)c1sccc1Br. The van der Waals surface area contributed by atoms with Crippen LogP contribution in [0, 0.1) is 5.92 Å². The average Bonchev–Trinajstić information content (AvgIpc) is 2.79. The van der Waals surface area contributed by atoms with Crippen LogP contribution in [-0.4, -0.2) is 29.1 Å². The molecule has 1 unspecified atom stereocenters. The number of carbonyl (C=O) groups excluding carboxylic acids is 1. The van der Waals surface area contributed by atoms with Gasteiger partial charge in [0.25, 0.3) is 5.91 Å². The lowest BCUT2D eigenvalue weighted by Crippen LogP contribution is -2.49. The Morgan fingerprint density at radius 1 is 1.53 bits per heavy atom. The number of likely N-dealkylation sites (tertiary alicyclic amines) is 1. The van der Waals surface area contributed by atoms with E-state index in [1.807, 2.05) is 0 Å². The highest BCUT2D eigenvalue weighted by Gasteiger charge is 2.56. The molecular formula is C12H13BrF3NOS. The molecule has 1 aliphatic heterocycles. The van der Waals surface area contributed by atoms with E-state index in [1.54, 1.807) is 11.4 Å². The molecule has 106 valence electrons. The second-order valence-electron chi connectivity index (χ2n) is 5.09. The molecule has 0 spiro atoms. The Labute approximate surface area is 121 Å². The van der Waals surface area contributed by atoms with Gasteiger partial charge < -0.3 is 4.90 Å². The van der Waals surface area contributed by atoms with Crippen LogP contribution in [0.3, 0.4) is 0 Å². The normalized spacial score (nSPS) is 22.8. The van der Waals surface area contributed by atoms with Crippen molar-refractivity contribution in [1.82, 2.24) is 4.90 Å². The third kappa shape index (κ3) is 2.54. The Morgan fingerprint density at radius 3 is 2.58 bits per heavy atom. The number of amides is 1. The van der Waals surface area contributed by atoms with Crippen molar-refractivity contribution < 1.29 is 18.0 Å². The first-order chi connectivity index (χ1) is 8.65. The van der Waals surface area contributed by atoms with E-state index < -0.39 is 17.6 Å². The highest BCUT2D eigenvalue weighted by Crippen LogP contribution is 2.45. The summed E-state index contributed by atoms with van der Waals surface area (Å²) in [6.07, 6.45) is -4.31. The van der Waals surface area contributed by atoms with Crippen LogP contribution in [0.5, 0.6) is 0 Å². The van der Waals surface area contributed by atoms with E-state index in [2.05, 4.69) is 15.9 Å². The molecule has 0 bridgehead atoms. The third-order valence-corrected chi connectivity index (χ3v) is 5.47. The zero-order valence-electron chi connectivity index (χ0n) is 10.4. The van der Waals surface area contributed by atoms with E-state index in [-0.39, 0.29) is 18.9 Å². The van der Waals surface area contributed by atoms with E-state index in [0.29, 0.717) is 9.35 Å². The van der Waals surface area contributed by atoms with Crippen molar-refractivity contribution in [2.24, 2.45) is 5.92 Å². The summed E-state index contributed by atoms with van der Waals surface area (Å²) in [5.74, 6) is -1.80. The van der Waals surface area contributed by atoms with Crippen molar-refractivity contribution in [2.45, 2.75) is 32.0 Å². The van der Waals surface area contributed by atoms with Crippen LogP contribution in [0.15, 0.2) is 15.9 Å². The molecule has 0 radical (unpaired) electrons. The number of nitrogens with zero attached hydrogens (tertiary/aromatic N) is 1. The maximum absolute atomic E-state index is 13.0. The summed E-state index contributed by atoms with van der Waals surface area (Å²) < 4.78 is 39.5. The molecule has 0 N–H and O–H groups in total. The second kappa shape index (κ2) is 4.77. The summed E-state index contributed by atoms with van der Waals surface area (Å²) in [4.78, 5) is 14.1. The molecule has 2 heterocycles. The van der Waals surface area contributed by atoms with Gasteiger partial charge in [0.15, 0.2) is 0 Å². The van der Waals surface area contributed by atoms with Gasteiger partial charge in [0.2, 0.25) is 0 Å². The Morgan fingerprint density at radius 2 is 2.16 bits per heavy atom. The third-order valence-electron chi connectivity index (χ3n) is 3.64. The van der Waals surface area contributed by atoms with E-state index in [4.69, 9.17) is 0 Å². The molecule has 2 nitrogen and oxygen atoms in total. The van der Waals surface area contributed by atoms with Crippen LogP contribution in [0.4, 0.5) is 13.2 Å². The van der Waals surface area contributed by atoms with Crippen LogP contribution in [0.25, 0.3) is 0 Å². The summed E-state index contributed by atoms with van der Waals surface area (Å²) in [7, 11) is 0. The lowest BCUT2D eigenvalue weighted by atomic mass is 9.88. The fourth-order valence-corrected chi connectivity index (χ4v) is 4.07. The standard InChI is InChI=1S/C12H13BrF3NOS/c1-11(2)8(12(14,15)16)3-5-17(11)10(18)9-7(13)4-6-19-9/h4,6,8H,3,5H2,1-2H3. The van der Waals surface area contributed by atoms with E-state index in [9.17, 15) is 18.0 Å².